The standard InChI is InChI=1S/C14H12F6N4S/c15-13(16,17)9-3-4-21-12(23-9)24-5-1-2-8(6-24)11-22-10(7-25-11)14(18,19)20/h3-4,7-8H,1-2,5-6H2. The summed E-state index contributed by atoms with van der Waals surface area (Å²) in [6.45, 7) is 0.668. The van der Waals surface area contributed by atoms with Gasteiger partial charge in [-0.2, -0.15) is 26.3 Å². The van der Waals surface area contributed by atoms with Crippen molar-refractivity contribution in [2.75, 3.05) is 18.0 Å². The topological polar surface area (TPSA) is 41.9 Å². The summed E-state index contributed by atoms with van der Waals surface area (Å²) in [7, 11) is 0. The summed E-state index contributed by atoms with van der Waals surface area (Å²) >= 11 is 0.909. The van der Waals surface area contributed by atoms with Gasteiger partial charge in [0.2, 0.25) is 5.95 Å². The van der Waals surface area contributed by atoms with Gasteiger partial charge in [0.15, 0.2) is 5.69 Å². The second-order valence-corrected chi connectivity index (χ2v) is 6.48. The number of anilines is 1. The second-order valence-electron chi connectivity index (χ2n) is 5.59. The molecule has 0 N–H and O–H groups in total. The highest BCUT2D eigenvalue weighted by molar-refractivity contribution is 7.09. The first-order chi connectivity index (χ1) is 11.6. The molecular formula is C14H12F6N4S. The van der Waals surface area contributed by atoms with Crippen molar-refractivity contribution in [2.45, 2.75) is 31.1 Å². The van der Waals surface area contributed by atoms with E-state index in [1.54, 1.807) is 4.90 Å². The number of rotatable bonds is 2. The third-order valence-electron chi connectivity index (χ3n) is 3.80. The number of piperidine rings is 1. The van der Waals surface area contributed by atoms with Gasteiger partial charge in [0, 0.05) is 30.6 Å². The van der Waals surface area contributed by atoms with Crippen LogP contribution in [0.1, 0.15) is 35.2 Å². The zero-order valence-corrected chi connectivity index (χ0v) is 13.4. The van der Waals surface area contributed by atoms with Gasteiger partial charge >= 0.3 is 12.4 Å². The maximum atomic E-state index is 12.8. The zero-order valence-electron chi connectivity index (χ0n) is 12.6. The highest BCUT2D eigenvalue weighted by Crippen LogP contribution is 2.36. The molecule has 0 amide bonds. The maximum Gasteiger partial charge on any atom is 0.434 e. The van der Waals surface area contributed by atoms with Crippen molar-refractivity contribution in [2.24, 2.45) is 0 Å². The molecule has 1 unspecified atom stereocenters. The van der Waals surface area contributed by atoms with Gasteiger partial charge < -0.3 is 4.90 Å². The molecule has 25 heavy (non-hydrogen) atoms. The van der Waals surface area contributed by atoms with Crippen LogP contribution < -0.4 is 4.90 Å². The van der Waals surface area contributed by atoms with Crippen LogP contribution in [-0.2, 0) is 12.4 Å². The largest absolute Gasteiger partial charge is 0.434 e. The van der Waals surface area contributed by atoms with Gasteiger partial charge in [0.05, 0.1) is 5.01 Å². The Hall–Kier alpha value is -1.91. The maximum absolute atomic E-state index is 12.8. The predicted octanol–water partition coefficient (Wildman–Crippen LogP) is 4.35. The predicted molar refractivity (Wildman–Crippen MR) is 78.3 cm³/mol. The lowest BCUT2D eigenvalue weighted by Gasteiger charge is -2.32. The number of nitrogens with zero attached hydrogens (tertiary/aromatic N) is 4. The smallest absolute Gasteiger partial charge is 0.340 e. The third kappa shape index (κ3) is 4.02. The average Bonchev–Trinajstić information content (AvgIpc) is 3.05. The van der Waals surface area contributed by atoms with E-state index in [2.05, 4.69) is 15.0 Å². The molecule has 1 saturated heterocycles. The third-order valence-corrected chi connectivity index (χ3v) is 4.81. The van der Waals surface area contributed by atoms with Gasteiger partial charge in [-0.1, -0.05) is 0 Å². The SMILES string of the molecule is FC(F)(F)c1ccnc(N2CCCC(c3nc(C(F)(F)F)cs3)C2)n1. The van der Waals surface area contributed by atoms with Crippen LogP contribution in [0.4, 0.5) is 32.3 Å². The molecular weight excluding hydrogens is 370 g/mol. The summed E-state index contributed by atoms with van der Waals surface area (Å²) in [6.07, 6.45) is -6.84. The lowest BCUT2D eigenvalue weighted by atomic mass is 9.99. The highest BCUT2D eigenvalue weighted by atomic mass is 32.1. The van der Waals surface area contributed by atoms with Gasteiger partial charge in [0.25, 0.3) is 0 Å². The molecule has 1 atom stereocenters. The number of alkyl halides is 6. The number of aromatic nitrogens is 3. The molecule has 1 aliphatic heterocycles. The fraction of sp³-hybridized carbons (Fsp3) is 0.500. The molecule has 3 heterocycles. The van der Waals surface area contributed by atoms with Gasteiger partial charge in [-0.3, -0.25) is 0 Å². The first-order valence-electron chi connectivity index (χ1n) is 7.32. The van der Waals surface area contributed by atoms with Crippen molar-refractivity contribution in [1.29, 1.82) is 0 Å². The Morgan fingerprint density at radius 3 is 2.40 bits per heavy atom. The summed E-state index contributed by atoms with van der Waals surface area (Å²) < 4.78 is 76.3. The second kappa shape index (κ2) is 6.43. The van der Waals surface area contributed by atoms with E-state index in [0.717, 1.165) is 29.0 Å². The van der Waals surface area contributed by atoms with Crippen LogP contribution in [-0.4, -0.2) is 28.0 Å². The van der Waals surface area contributed by atoms with E-state index >= 15 is 0 Å². The van der Waals surface area contributed by atoms with E-state index in [0.29, 0.717) is 24.4 Å². The molecule has 0 radical (unpaired) electrons. The Balaban J connectivity index is 1.79. The summed E-state index contributed by atoms with van der Waals surface area (Å²) in [5.74, 6) is -0.375. The van der Waals surface area contributed by atoms with Crippen LogP contribution in [0.2, 0.25) is 0 Å². The molecule has 0 aromatic carbocycles. The average molecular weight is 382 g/mol. The molecule has 0 saturated carbocycles. The van der Waals surface area contributed by atoms with Crippen molar-refractivity contribution in [3.63, 3.8) is 0 Å². The molecule has 2 aromatic rings. The Bertz CT molecular complexity index is 741. The quantitative estimate of drug-likeness (QED) is 0.724. The molecule has 2 aromatic heterocycles. The summed E-state index contributed by atoms with van der Waals surface area (Å²) in [5.41, 5.74) is -1.99. The zero-order chi connectivity index (χ0) is 18.2. The van der Waals surface area contributed by atoms with Crippen LogP contribution >= 0.6 is 11.3 Å². The minimum atomic E-state index is -4.58. The first-order valence-corrected chi connectivity index (χ1v) is 8.20. The van der Waals surface area contributed by atoms with E-state index < -0.39 is 23.7 Å². The molecule has 3 rings (SSSR count). The van der Waals surface area contributed by atoms with Crippen LogP contribution in [0.15, 0.2) is 17.6 Å². The van der Waals surface area contributed by atoms with Crippen molar-refractivity contribution in [3.05, 3.63) is 34.0 Å². The fourth-order valence-corrected chi connectivity index (χ4v) is 3.58. The van der Waals surface area contributed by atoms with Crippen LogP contribution in [0.3, 0.4) is 0 Å². The summed E-state index contributed by atoms with van der Waals surface area (Å²) in [4.78, 5) is 12.6. The van der Waals surface area contributed by atoms with Crippen molar-refractivity contribution in [1.82, 2.24) is 15.0 Å². The molecule has 1 aliphatic rings. The van der Waals surface area contributed by atoms with Crippen LogP contribution in [0.5, 0.6) is 0 Å². The Labute approximate surface area is 142 Å². The van der Waals surface area contributed by atoms with Crippen molar-refractivity contribution >= 4 is 17.3 Å². The van der Waals surface area contributed by atoms with Gasteiger partial charge in [-0.25, -0.2) is 15.0 Å². The van der Waals surface area contributed by atoms with E-state index in [-0.39, 0.29) is 18.4 Å². The lowest BCUT2D eigenvalue weighted by molar-refractivity contribution is -0.141. The van der Waals surface area contributed by atoms with Gasteiger partial charge in [-0.15, -0.1) is 11.3 Å². The molecule has 0 bridgehead atoms. The normalized spacial score (nSPS) is 19.3. The monoisotopic (exact) mass is 382 g/mol. The van der Waals surface area contributed by atoms with Gasteiger partial charge in [-0.05, 0) is 18.9 Å². The van der Waals surface area contributed by atoms with Crippen LogP contribution in [0, 0.1) is 0 Å². The molecule has 0 spiro atoms. The summed E-state index contributed by atoms with van der Waals surface area (Å²) in [5, 5.41) is 1.28. The number of halogens is 6. The number of hydrogen-bond donors (Lipinski definition) is 0. The summed E-state index contributed by atoms with van der Waals surface area (Å²) in [6, 6.07) is 0.779. The Morgan fingerprint density at radius 2 is 1.76 bits per heavy atom. The van der Waals surface area contributed by atoms with Crippen molar-refractivity contribution < 1.29 is 26.3 Å². The van der Waals surface area contributed by atoms with E-state index in [9.17, 15) is 26.3 Å². The lowest BCUT2D eigenvalue weighted by Crippen LogP contribution is -2.36. The minimum absolute atomic E-state index is 0.0767. The molecule has 11 heteroatoms. The molecule has 1 fully saturated rings. The molecule has 136 valence electrons. The highest BCUT2D eigenvalue weighted by Gasteiger charge is 2.36. The van der Waals surface area contributed by atoms with Crippen molar-refractivity contribution in [3.8, 4) is 0 Å². The van der Waals surface area contributed by atoms with Gasteiger partial charge in [0.1, 0.15) is 5.69 Å². The fourth-order valence-electron chi connectivity index (χ4n) is 2.62. The Kier molecular flexibility index (Phi) is 4.60. The molecule has 0 aliphatic carbocycles. The van der Waals surface area contributed by atoms with Crippen LogP contribution in [0.25, 0.3) is 0 Å². The number of thiazole rings is 1. The minimum Gasteiger partial charge on any atom is -0.340 e. The van der Waals surface area contributed by atoms with E-state index in [4.69, 9.17) is 0 Å². The van der Waals surface area contributed by atoms with E-state index in [1.165, 1.54) is 0 Å². The molecule has 4 nitrogen and oxygen atoms in total. The van der Waals surface area contributed by atoms with E-state index in [1.807, 2.05) is 0 Å². The first kappa shape index (κ1) is 17.9. The Morgan fingerprint density at radius 1 is 1.04 bits per heavy atom. The number of hydrogen-bond acceptors (Lipinski definition) is 5.